The first-order valence-electron chi connectivity index (χ1n) is 4.82. The Hall–Kier alpha value is 0.1000. The van der Waals surface area contributed by atoms with Gasteiger partial charge in [0, 0.05) is 10.9 Å². The van der Waals surface area contributed by atoms with Gasteiger partial charge in [-0.2, -0.15) is 0 Å². The maximum atomic E-state index is 10.4. The molecule has 1 saturated heterocycles. The van der Waals surface area contributed by atoms with Gasteiger partial charge in [-0.25, -0.2) is 0 Å². The van der Waals surface area contributed by atoms with Crippen LogP contribution in [0.1, 0.15) is 24.6 Å². The van der Waals surface area contributed by atoms with Gasteiger partial charge in [0.25, 0.3) is 0 Å². The number of hydrogen-bond acceptors (Lipinski definition) is 3. The predicted octanol–water partition coefficient (Wildman–Crippen LogP) is 2.47. The Morgan fingerprint density at radius 2 is 2.43 bits per heavy atom. The summed E-state index contributed by atoms with van der Waals surface area (Å²) in [6, 6.07) is 4.19. The van der Waals surface area contributed by atoms with E-state index in [4.69, 9.17) is 0 Å². The fourth-order valence-corrected chi connectivity index (χ4v) is 3.41. The SMILES string of the molecule is CC(O)(c1ccc(Br)s1)C1CCCN1. The average molecular weight is 276 g/mol. The molecule has 14 heavy (non-hydrogen) atoms. The molecule has 1 aromatic heterocycles. The van der Waals surface area contributed by atoms with Gasteiger partial charge in [0.2, 0.25) is 0 Å². The van der Waals surface area contributed by atoms with E-state index in [9.17, 15) is 5.11 Å². The van der Waals surface area contributed by atoms with Crippen LogP contribution >= 0.6 is 27.3 Å². The van der Waals surface area contributed by atoms with Gasteiger partial charge in [0.15, 0.2) is 0 Å². The summed E-state index contributed by atoms with van der Waals surface area (Å²) in [7, 11) is 0. The fourth-order valence-electron chi connectivity index (χ4n) is 1.92. The zero-order valence-corrected chi connectivity index (χ0v) is 10.5. The molecule has 78 valence electrons. The Balaban J connectivity index is 2.22. The van der Waals surface area contributed by atoms with Gasteiger partial charge in [0.1, 0.15) is 5.60 Å². The van der Waals surface area contributed by atoms with E-state index in [0.717, 1.165) is 28.0 Å². The zero-order chi connectivity index (χ0) is 10.2. The number of aliphatic hydroxyl groups is 1. The van der Waals surface area contributed by atoms with Gasteiger partial charge in [-0.15, -0.1) is 11.3 Å². The molecule has 1 aromatic rings. The Morgan fingerprint density at radius 1 is 1.64 bits per heavy atom. The van der Waals surface area contributed by atoms with Crippen molar-refractivity contribution < 1.29 is 5.11 Å². The summed E-state index contributed by atoms with van der Waals surface area (Å²) in [5.41, 5.74) is -0.729. The highest BCUT2D eigenvalue weighted by molar-refractivity contribution is 9.11. The first kappa shape index (κ1) is 10.6. The Morgan fingerprint density at radius 3 is 2.93 bits per heavy atom. The fraction of sp³-hybridized carbons (Fsp3) is 0.600. The molecule has 2 rings (SSSR count). The zero-order valence-electron chi connectivity index (χ0n) is 8.09. The maximum Gasteiger partial charge on any atom is 0.111 e. The van der Waals surface area contributed by atoms with Crippen LogP contribution in [0, 0.1) is 0 Å². The van der Waals surface area contributed by atoms with E-state index >= 15 is 0 Å². The summed E-state index contributed by atoms with van der Waals surface area (Å²) in [4.78, 5) is 1.03. The van der Waals surface area contributed by atoms with Crippen molar-refractivity contribution in [3.63, 3.8) is 0 Å². The molecule has 2 N–H and O–H groups in total. The smallest absolute Gasteiger partial charge is 0.111 e. The van der Waals surface area contributed by atoms with Crippen molar-refractivity contribution in [1.82, 2.24) is 5.32 Å². The first-order chi connectivity index (χ1) is 6.60. The van der Waals surface area contributed by atoms with Gasteiger partial charge < -0.3 is 10.4 Å². The molecular weight excluding hydrogens is 262 g/mol. The lowest BCUT2D eigenvalue weighted by atomic mass is 9.93. The molecule has 0 aliphatic carbocycles. The molecule has 0 spiro atoms. The highest BCUT2D eigenvalue weighted by Crippen LogP contribution is 2.35. The lowest BCUT2D eigenvalue weighted by Crippen LogP contribution is -2.42. The minimum absolute atomic E-state index is 0.202. The summed E-state index contributed by atoms with van der Waals surface area (Å²) in [5.74, 6) is 0. The monoisotopic (exact) mass is 275 g/mol. The largest absolute Gasteiger partial charge is 0.383 e. The van der Waals surface area contributed by atoms with Crippen LogP contribution in [-0.2, 0) is 5.60 Å². The Labute approximate surface area is 96.5 Å². The van der Waals surface area contributed by atoms with Crippen LogP contribution in [-0.4, -0.2) is 17.7 Å². The van der Waals surface area contributed by atoms with Gasteiger partial charge in [-0.3, -0.25) is 0 Å². The number of hydrogen-bond donors (Lipinski definition) is 2. The van der Waals surface area contributed by atoms with E-state index in [1.165, 1.54) is 0 Å². The third-order valence-corrected chi connectivity index (χ3v) is 4.66. The molecule has 2 nitrogen and oxygen atoms in total. The van der Waals surface area contributed by atoms with E-state index in [0.29, 0.717) is 0 Å². The number of rotatable bonds is 2. The van der Waals surface area contributed by atoms with Crippen LogP contribution in [0.25, 0.3) is 0 Å². The van der Waals surface area contributed by atoms with Gasteiger partial charge in [-0.05, 0) is 54.4 Å². The van der Waals surface area contributed by atoms with Crippen molar-refractivity contribution in [3.8, 4) is 0 Å². The highest BCUT2D eigenvalue weighted by atomic mass is 79.9. The minimum atomic E-state index is -0.729. The Bertz CT molecular complexity index is 318. The number of thiophene rings is 1. The second kappa shape index (κ2) is 3.93. The van der Waals surface area contributed by atoms with Crippen LogP contribution in [0.2, 0.25) is 0 Å². The molecule has 0 aromatic carbocycles. The molecular formula is C10H14BrNOS. The topological polar surface area (TPSA) is 32.3 Å². The standard InChI is InChI=1S/C10H14BrNOS/c1-10(13,7-3-2-6-12-7)8-4-5-9(11)14-8/h4-5,7,12-13H,2-3,6H2,1H3. The number of nitrogens with one attached hydrogen (secondary N) is 1. The van der Waals surface area contributed by atoms with Crippen LogP contribution < -0.4 is 5.32 Å². The molecule has 2 unspecified atom stereocenters. The molecule has 1 aliphatic rings. The van der Waals surface area contributed by atoms with Crippen molar-refractivity contribution in [1.29, 1.82) is 0 Å². The van der Waals surface area contributed by atoms with Crippen molar-refractivity contribution >= 4 is 27.3 Å². The molecule has 4 heteroatoms. The van der Waals surface area contributed by atoms with Gasteiger partial charge >= 0.3 is 0 Å². The van der Waals surface area contributed by atoms with E-state index < -0.39 is 5.60 Å². The van der Waals surface area contributed by atoms with Crippen molar-refractivity contribution in [2.75, 3.05) is 6.54 Å². The maximum absolute atomic E-state index is 10.4. The lowest BCUT2D eigenvalue weighted by Gasteiger charge is -2.29. The van der Waals surface area contributed by atoms with Crippen molar-refractivity contribution in [2.45, 2.75) is 31.4 Å². The van der Waals surface area contributed by atoms with Crippen LogP contribution in [0.15, 0.2) is 15.9 Å². The van der Waals surface area contributed by atoms with Crippen LogP contribution in [0.5, 0.6) is 0 Å². The van der Waals surface area contributed by atoms with Crippen molar-refractivity contribution in [3.05, 3.63) is 20.8 Å². The van der Waals surface area contributed by atoms with E-state index in [-0.39, 0.29) is 6.04 Å². The van der Waals surface area contributed by atoms with Crippen LogP contribution in [0.3, 0.4) is 0 Å². The van der Waals surface area contributed by atoms with Gasteiger partial charge in [-0.1, -0.05) is 0 Å². The second-order valence-corrected chi connectivity index (χ2v) is 6.36. The van der Waals surface area contributed by atoms with E-state index in [2.05, 4.69) is 21.2 Å². The van der Waals surface area contributed by atoms with Crippen LogP contribution in [0.4, 0.5) is 0 Å². The minimum Gasteiger partial charge on any atom is -0.383 e. The van der Waals surface area contributed by atoms with E-state index in [1.54, 1.807) is 11.3 Å². The summed E-state index contributed by atoms with van der Waals surface area (Å²) in [6.45, 7) is 2.92. The molecule has 2 heterocycles. The first-order valence-corrected chi connectivity index (χ1v) is 6.43. The molecule has 1 fully saturated rings. The predicted molar refractivity (Wildman–Crippen MR) is 62.6 cm³/mol. The summed E-state index contributed by atoms with van der Waals surface area (Å²) in [6.07, 6.45) is 2.22. The molecule has 2 atom stereocenters. The molecule has 0 bridgehead atoms. The average Bonchev–Trinajstić information content (AvgIpc) is 2.72. The molecule has 1 aliphatic heterocycles. The normalized spacial score (nSPS) is 26.4. The third-order valence-electron chi connectivity index (χ3n) is 2.81. The summed E-state index contributed by atoms with van der Waals surface area (Å²) >= 11 is 5.03. The third kappa shape index (κ3) is 1.89. The molecule has 0 saturated carbocycles. The van der Waals surface area contributed by atoms with Crippen molar-refractivity contribution in [2.24, 2.45) is 0 Å². The number of halogens is 1. The summed E-state index contributed by atoms with van der Waals surface area (Å²) < 4.78 is 1.07. The summed E-state index contributed by atoms with van der Waals surface area (Å²) in [5, 5.41) is 13.8. The highest BCUT2D eigenvalue weighted by Gasteiger charge is 2.36. The van der Waals surface area contributed by atoms with Gasteiger partial charge in [0.05, 0.1) is 3.79 Å². The van der Waals surface area contributed by atoms with E-state index in [1.807, 2.05) is 19.1 Å². The quantitative estimate of drug-likeness (QED) is 0.869. The lowest BCUT2D eigenvalue weighted by molar-refractivity contribution is 0.0254. The molecule has 0 radical (unpaired) electrons. The second-order valence-electron chi connectivity index (χ2n) is 3.90. The molecule has 0 amide bonds. The Kier molecular flexibility index (Phi) is 2.98.